The van der Waals surface area contributed by atoms with Crippen molar-refractivity contribution in [3.05, 3.63) is 59.3 Å². The number of rotatable bonds is 2. The molecule has 0 radical (unpaired) electrons. The van der Waals surface area contributed by atoms with Crippen LogP contribution < -0.4 is 5.32 Å². The highest BCUT2D eigenvalue weighted by Gasteiger charge is 2.30. The molecule has 1 atom stereocenters. The average Bonchev–Trinajstić information content (AvgIpc) is 2.93. The van der Waals surface area contributed by atoms with Crippen molar-refractivity contribution in [2.45, 2.75) is 13.0 Å². The van der Waals surface area contributed by atoms with Gasteiger partial charge >= 0.3 is 0 Å². The lowest BCUT2D eigenvalue weighted by atomic mass is 10.0. The SMILES string of the molecule is Cc1ccoc1C(=O)N1CCNCC1c1cccc(F)c1. The third kappa shape index (κ3) is 2.69. The molecule has 1 aromatic carbocycles. The van der Waals surface area contributed by atoms with Crippen LogP contribution in [0.4, 0.5) is 4.39 Å². The molecule has 2 aromatic rings. The Morgan fingerprint density at radius 2 is 2.29 bits per heavy atom. The van der Waals surface area contributed by atoms with Crippen molar-refractivity contribution in [2.75, 3.05) is 19.6 Å². The first kappa shape index (κ1) is 13.8. The summed E-state index contributed by atoms with van der Waals surface area (Å²) in [6, 6.07) is 7.98. The van der Waals surface area contributed by atoms with Crippen LogP contribution in [0.15, 0.2) is 41.0 Å². The Morgan fingerprint density at radius 1 is 1.43 bits per heavy atom. The summed E-state index contributed by atoms with van der Waals surface area (Å²) in [5.74, 6) is -0.0776. The number of carbonyl (C=O) groups excluding carboxylic acids is 1. The number of nitrogens with zero attached hydrogens (tertiary/aromatic N) is 1. The number of aryl methyl sites for hydroxylation is 1. The van der Waals surface area contributed by atoms with Gasteiger partial charge in [-0.1, -0.05) is 12.1 Å². The maximum absolute atomic E-state index is 13.4. The van der Waals surface area contributed by atoms with Crippen LogP contribution in [0.25, 0.3) is 0 Å². The van der Waals surface area contributed by atoms with Crippen molar-refractivity contribution in [1.82, 2.24) is 10.2 Å². The van der Waals surface area contributed by atoms with E-state index in [-0.39, 0.29) is 17.8 Å². The summed E-state index contributed by atoms with van der Waals surface area (Å²) < 4.78 is 18.7. The van der Waals surface area contributed by atoms with Crippen LogP contribution in [0.2, 0.25) is 0 Å². The van der Waals surface area contributed by atoms with Crippen molar-refractivity contribution in [3.8, 4) is 0 Å². The Labute approximate surface area is 122 Å². The molecule has 1 aliphatic rings. The first-order chi connectivity index (χ1) is 10.2. The van der Waals surface area contributed by atoms with Crippen LogP contribution in [-0.2, 0) is 0 Å². The van der Waals surface area contributed by atoms with E-state index in [1.54, 1.807) is 17.0 Å². The lowest BCUT2D eigenvalue weighted by molar-refractivity contribution is 0.0600. The predicted molar refractivity (Wildman–Crippen MR) is 76.5 cm³/mol. The van der Waals surface area contributed by atoms with Gasteiger partial charge in [-0.15, -0.1) is 0 Å². The fourth-order valence-corrected chi connectivity index (χ4v) is 2.68. The molecule has 0 saturated carbocycles. The minimum Gasteiger partial charge on any atom is -0.459 e. The van der Waals surface area contributed by atoms with Crippen LogP contribution in [0.3, 0.4) is 0 Å². The highest BCUT2D eigenvalue weighted by atomic mass is 19.1. The Hall–Kier alpha value is -2.14. The predicted octanol–water partition coefficient (Wildman–Crippen LogP) is 2.51. The zero-order chi connectivity index (χ0) is 14.8. The van der Waals surface area contributed by atoms with Gasteiger partial charge in [0.1, 0.15) is 5.82 Å². The van der Waals surface area contributed by atoms with E-state index in [2.05, 4.69) is 5.32 Å². The van der Waals surface area contributed by atoms with E-state index in [1.807, 2.05) is 13.0 Å². The smallest absolute Gasteiger partial charge is 0.290 e. The van der Waals surface area contributed by atoms with Crippen LogP contribution in [-0.4, -0.2) is 30.4 Å². The van der Waals surface area contributed by atoms with E-state index in [4.69, 9.17) is 4.42 Å². The molecule has 0 spiro atoms. The van der Waals surface area contributed by atoms with Gasteiger partial charge in [-0.05, 0) is 30.7 Å². The molecule has 0 bridgehead atoms. The van der Waals surface area contributed by atoms with E-state index in [1.165, 1.54) is 18.4 Å². The summed E-state index contributed by atoms with van der Waals surface area (Å²) in [7, 11) is 0. The maximum Gasteiger partial charge on any atom is 0.290 e. The van der Waals surface area contributed by atoms with Crippen molar-refractivity contribution in [1.29, 1.82) is 0 Å². The second-order valence-corrected chi connectivity index (χ2v) is 5.21. The van der Waals surface area contributed by atoms with Gasteiger partial charge in [-0.2, -0.15) is 0 Å². The van der Waals surface area contributed by atoms with E-state index in [0.29, 0.717) is 18.8 Å². The fraction of sp³-hybridized carbons (Fsp3) is 0.312. The number of hydrogen-bond acceptors (Lipinski definition) is 3. The molecule has 1 fully saturated rings. The van der Waals surface area contributed by atoms with Gasteiger partial charge in [-0.3, -0.25) is 4.79 Å². The van der Waals surface area contributed by atoms with Gasteiger partial charge < -0.3 is 14.6 Å². The Morgan fingerprint density at radius 3 is 3.00 bits per heavy atom. The first-order valence-electron chi connectivity index (χ1n) is 6.98. The maximum atomic E-state index is 13.4. The Balaban J connectivity index is 1.92. The quantitative estimate of drug-likeness (QED) is 0.923. The highest BCUT2D eigenvalue weighted by molar-refractivity contribution is 5.93. The number of piperazine rings is 1. The number of nitrogens with one attached hydrogen (secondary N) is 1. The minimum atomic E-state index is -0.292. The van der Waals surface area contributed by atoms with Crippen molar-refractivity contribution < 1.29 is 13.6 Å². The number of hydrogen-bond donors (Lipinski definition) is 1. The summed E-state index contributed by atoms with van der Waals surface area (Å²) in [4.78, 5) is 14.4. The largest absolute Gasteiger partial charge is 0.459 e. The van der Waals surface area contributed by atoms with Gasteiger partial charge in [0.15, 0.2) is 5.76 Å². The topological polar surface area (TPSA) is 45.5 Å². The Kier molecular flexibility index (Phi) is 3.75. The number of carbonyl (C=O) groups is 1. The standard InChI is InChI=1S/C16H17FN2O2/c1-11-5-8-21-15(11)16(20)19-7-6-18-10-14(19)12-3-2-4-13(17)9-12/h2-5,8-9,14,18H,6-7,10H2,1H3. The van der Waals surface area contributed by atoms with Gasteiger partial charge in [0.2, 0.25) is 0 Å². The van der Waals surface area contributed by atoms with Crippen LogP contribution in [0.5, 0.6) is 0 Å². The number of amides is 1. The summed E-state index contributed by atoms with van der Waals surface area (Å²) in [5.41, 5.74) is 1.61. The average molecular weight is 288 g/mol. The summed E-state index contributed by atoms with van der Waals surface area (Å²) in [5, 5.41) is 3.25. The summed E-state index contributed by atoms with van der Waals surface area (Å²) in [6.07, 6.45) is 1.52. The van der Waals surface area contributed by atoms with Gasteiger partial charge in [0, 0.05) is 25.2 Å². The van der Waals surface area contributed by atoms with Gasteiger partial charge in [0.05, 0.1) is 12.3 Å². The van der Waals surface area contributed by atoms with Crippen LogP contribution in [0, 0.1) is 12.7 Å². The molecule has 1 unspecified atom stereocenters. The van der Waals surface area contributed by atoms with E-state index in [9.17, 15) is 9.18 Å². The molecule has 1 aliphatic heterocycles. The molecule has 1 N–H and O–H groups in total. The summed E-state index contributed by atoms with van der Waals surface area (Å²) in [6.45, 7) is 3.74. The highest BCUT2D eigenvalue weighted by Crippen LogP contribution is 2.25. The third-order valence-electron chi connectivity index (χ3n) is 3.79. The number of benzene rings is 1. The lowest BCUT2D eigenvalue weighted by Crippen LogP contribution is -2.48. The number of halogens is 1. The summed E-state index contributed by atoms with van der Waals surface area (Å²) >= 11 is 0. The molecule has 2 heterocycles. The molecule has 4 nitrogen and oxygen atoms in total. The lowest BCUT2D eigenvalue weighted by Gasteiger charge is -2.36. The molecular weight excluding hydrogens is 271 g/mol. The second-order valence-electron chi connectivity index (χ2n) is 5.21. The first-order valence-corrected chi connectivity index (χ1v) is 6.98. The zero-order valence-electron chi connectivity index (χ0n) is 11.8. The normalized spacial score (nSPS) is 18.8. The van der Waals surface area contributed by atoms with E-state index < -0.39 is 0 Å². The Bertz CT molecular complexity index is 653. The molecule has 21 heavy (non-hydrogen) atoms. The molecule has 3 rings (SSSR count). The minimum absolute atomic E-state index is 0.145. The number of furan rings is 1. The van der Waals surface area contributed by atoms with E-state index in [0.717, 1.165) is 17.7 Å². The molecule has 1 saturated heterocycles. The van der Waals surface area contributed by atoms with Gasteiger partial charge in [0.25, 0.3) is 5.91 Å². The van der Waals surface area contributed by atoms with Crippen LogP contribution in [0.1, 0.15) is 27.7 Å². The van der Waals surface area contributed by atoms with Crippen molar-refractivity contribution >= 4 is 5.91 Å². The van der Waals surface area contributed by atoms with Crippen molar-refractivity contribution in [3.63, 3.8) is 0 Å². The molecule has 5 heteroatoms. The van der Waals surface area contributed by atoms with Gasteiger partial charge in [-0.25, -0.2) is 4.39 Å². The molecule has 1 aromatic heterocycles. The molecular formula is C16H17FN2O2. The zero-order valence-corrected chi connectivity index (χ0v) is 11.8. The van der Waals surface area contributed by atoms with Crippen LogP contribution >= 0.6 is 0 Å². The van der Waals surface area contributed by atoms with Crippen molar-refractivity contribution in [2.24, 2.45) is 0 Å². The molecule has 1 amide bonds. The third-order valence-corrected chi connectivity index (χ3v) is 3.79. The second kappa shape index (κ2) is 5.69. The van der Waals surface area contributed by atoms with E-state index >= 15 is 0 Å². The molecule has 110 valence electrons. The monoisotopic (exact) mass is 288 g/mol. The molecule has 0 aliphatic carbocycles. The fourth-order valence-electron chi connectivity index (χ4n) is 2.68.